The molecule has 8 nitrogen and oxygen atoms in total. The number of esters is 1. The Morgan fingerprint density at radius 2 is 1.75 bits per heavy atom. The lowest BCUT2D eigenvalue weighted by atomic mass is 9.85. The van der Waals surface area contributed by atoms with Gasteiger partial charge in [0, 0.05) is 13.1 Å². The average Bonchev–Trinajstić information content (AvgIpc) is 3.42. The van der Waals surface area contributed by atoms with Crippen LogP contribution >= 0.6 is 0 Å². The molecule has 2 aromatic rings. The van der Waals surface area contributed by atoms with Gasteiger partial charge in [0.05, 0.1) is 34.7 Å². The second-order valence-corrected chi connectivity index (χ2v) is 8.18. The Kier molecular flexibility index (Phi) is 3.96. The molecule has 2 saturated heterocycles. The van der Waals surface area contributed by atoms with Crippen molar-refractivity contribution in [3.8, 4) is 0 Å². The molecule has 0 radical (unpaired) electrons. The molecule has 3 N–H and O–H groups in total. The number of benzene rings is 1. The van der Waals surface area contributed by atoms with Crippen molar-refractivity contribution in [2.45, 2.75) is 50.5 Å². The van der Waals surface area contributed by atoms with Crippen LogP contribution in [0.25, 0.3) is 11.0 Å². The topological polar surface area (TPSA) is 107 Å². The van der Waals surface area contributed by atoms with Gasteiger partial charge in [0.1, 0.15) is 5.60 Å². The number of aromatic amines is 2. The molecule has 28 heavy (non-hydrogen) atoms. The Morgan fingerprint density at radius 1 is 1.07 bits per heavy atom. The highest BCUT2D eigenvalue weighted by molar-refractivity contribution is 6.01. The molecule has 1 aliphatic carbocycles. The first-order chi connectivity index (χ1) is 13.5. The van der Waals surface area contributed by atoms with E-state index in [1.54, 1.807) is 6.07 Å². The molecule has 1 amide bonds. The van der Waals surface area contributed by atoms with Gasteiger partial charge in [-0.25, -0.2) is 4.79 Å². The van der Waals surface area contributed by atoms with E-state index in [1.165, 1.54) is 0 Å². The van der Waals surface area contributed by atoms with Gasteiger partial charge in [-0.2, -0.15) is 0 Å². The zero-order valence-corrected chi connectivity index (χ0v) is 15.7. The summed E-state index contributed by atoms with van der Waals surface area (Å²) in [4.78, 5) is 44.6. The van der Waals surface area contributed by atoms with Crippen molar-refractivity contribution in [1.29, 1.82) is 0 Å². The van der Waals surface area contributed by atoms with Crippen LogP contribution < -0.4 is 15.9 Å². The van der Waals surface area contributed by atoms with Crippen molar-refractivity contribution in [1.82, 2.24) is 9.97 Å². The first-order valence-corrected chi connectivity index (χ1v) is 10.1. The molecule has 0 bridgehead atoms. The van der Waals surface area contributed by atoms with Crippen molar-refractivity contribution < 1.29 is 14.3 Å². The number of nitrogens with one attached hydrogen (secondary N) is 3. The number of anilines is 2. The third kappa shape index (κ3) is 2.78. The van der Waals surface area contributed by atoms with Gasteiger partial charge in [-0.15, -0.1) is 0 Å². The Bertz CT molecular complexity index is 995. The lowest BCUT2D eigenvalue weighted by Crippen LogP contribution is -2.39. The number of amides is 1. The van der Waals surface area contributed by atoms with Crippen molar-refractivity contribution in [3.05, 3.63) is 22.6 Å². The maximum Gasteiger partial charge on any atom is 0.323 e. The van der Waals surface area contributed by atoms with Gasteiger partial charge in [0.2, 0.25) is 5.91 Å². The SMILES string of the molecule is O=C1CC(C(=O)Nc2cc3[nH]c(=O)[nH]c3cc2N2CCCC2)C2(CCCC2)O1. The van der Waals surface area contributed by atoms with E-state index in [-0.39, 0.29) is 24.0 Å². The summed E-state index contributed by atoms with van der Waals surface area (Å²) in [5, 5.41) is 3.05. The smallest absolute Gasteiger partial charge is 0.323 e. The molecule has 1 aromatic carbocycles. The Balaban J connectivity index is 1.49. The highest BCUT2D eigenvalue weighted by Crippen LogP contribution is 2.46. The van der Waals surface area contributed by atoms with E-state index in [9.17, 15) is 14.4 Å². The van der Waals surface area contributed by atoms with Crippen LogP contribution in [0.1, 0.15) is 44.9 Å². The number of hydrogen-bond acceptors (Lipinski definition) is 5. The van der Waals surface area contributed by atoms with Crippen molar-refractivity contribution in [2.24, 2.45) is 5.92 Å². The van der Waals surface area contributed by atoms with Crippen LogP contribution in [0, 0.1) is 5.92 Å². The van der Waals surface area contributed by atoms with Crippen LogP contribution in [0.5, 0.6) is 0 Å². The summed E-state index contributed by atoms with van der Waals surface area (Å²) in [6.45, 7) is 1.83. The third-order valence-corrected chi connectivity index (χ3v) is 6.43. The van der Waals surface area contributed by atoms with Crippen molar-refractivity contribution in [3.63, 3.8) is 0 Å². The number of carbonyl (C=O) groups is 2. The normalized spacial score (nSPS) is 23.6. The predicted octanol–water partition coefficient (Wildman–Crippen LogP) is 2.27. The van der Waals surface area contributed by atoms with Gasteiger partial charge >= 0.3 is 11.7 Å². The second kappa shape index (κ2) is 6.39. The van der Waals surface area contributed by atoms with Crippen molar-refractivity contribution >= 4 is 34.3 Å². The summed E-state index contributed by atoms with van der Waals surface area (Å²) < 4.78 is 5.62. The lowest BCUT2D eigenvalue weighted by molar-refractivity contribution is -0.149. The minimum atomic E-state index is -0.637. The Morgan fingerprint density at radius 3 is 2.46 bits per heavy atom. The summed E-state index contributed by atoms with van der Waals surface area (Å²) >= 11 is 0. The number of H-pyrrole nitrogens is 2. The van der Waals surface area contributed by atoms with E-state index in [2.05, 4.69) is 20.2 Å². The fourth-order valence-electron chi connectivity index (χ4n) is 5.06. The number of carbonyl (C=O) groups excluding carboxylic acids is 2. The lowest BCUT2D eigenvalue weighted by Gasteiger charge is -2.29. The maximum atomic E-state index is 13.2. The molecule has 3 fully saturated rings. The van der Waals surface area contributed by atoms with Crippen molar-refractivity contribution in [2.75, 3.05) is 23.3 Å². The first-order valence-electron chi connectivity index (χ1n) is 10.1. The molecule has 2 aliphatic heterocycles. The molecular formula is C20H24N4O4. The molecule has 1 spiro atoms. The fourth-order valence-corrected chi connectivity index (χ4v) is 5.06. The van der Waals surface area contributed by atoms with Crippen LogP contribution in [-0.4, -0.2) is 40.5 Å². The number of nitrogens with zero attached hydrogens (tertiary/aromatic N) is 1. The van der Waals surface area contributed by atoms with Crippen LogP contribution in [0.2, 0.25) is 0 Å². The fraction of sp³-hybridized carbons (Fsp3) is 0.550. The van der Waals surface area contributed by atoms with E-state index in [1.807, 2.05) is 6.07 Å². The van der Waals surface area contributed by atoms with E-state index in [4.69, 9.17) is 4.74 Å². The van der Waals surface area contributed by atoms with Crippen LogP contribution in [0.4, 0.5) is 11.4 Å². The minimum Gasteiger partial charge on any atom is -0.458 e. The van der Waals surface area contributed by atoms with Crippen LogP contribution in [0.3, 0.4) is 0 Å². The predicted molar refractivity (Wildman–Crippen MR) is 104 cm³/mol. The van der Waals surface area contributed by atoms with Gasteiger partial charge in [-0.3, -0.25) is 9.59 Å². The standard InChI is InChI=1S/C20H24N4O4/c25-17-9-12(20(28-17)5-1-2-6-20)18(26)21-15-10-13-14(23-19(27)22-13)11-16(15)24-7-3-4-8-24/h10-12H,1-9H2,(H,21,26)(H2,22,23,27). The van der Waals surface area contributed by atoms with Gasteiger partial charge in [0.15, 0.2) is 0 Å². The summed E-state index contributed by atoms with van der Waals surface area (Å²) in [6, 6.07) is 3.72. The van der Waals surface area contributed by atoms with Gasteiger partial charge in [0.25, 0.3) is 0 Å². The molecule has 1 aromatic heterocycles. The van der Waals surface area contributed by atoms with E-state index in [0.29, 0.717) is 11.2 Å². The zero-order chi connectivity index (χ0) is 19.3. The van der Waals surface area contributed by atoms with E-state index in [0.717, 1.165) is 62.8 Å². The largest absolute Gasteiger partial charge is 0.458 e. The van der Waals surface area contributed by atoms with Gasteiger partial charge < -0.3 is 24.9 Å². The number of fused-ring (bicyclic) bond motifs is 1. The molecule has 5 rings (SSSR count). The Labute approximate surface area is 161 Å². The molecule has 1 saturated carbocycles. The quantitative estimate of drug-likeness (QED) is 0.704. The number of hydrogen-bond donors (Lipinski definition) is 3. The summed E-state index contributed by atoms with van der Waals surface area (Å²) in [5.74, 6) is -0.924. The third-order valence-electron chi connectivity index (χ3n) is 6.43. The number of ether oxygens (including phenoxy) is 1. The molecule has 1 atom stereocenters. The summed E-state index contributed by atoms with van der Waals surface area (Å²) in [6.07, 6.45) is 5.79. The van der Waals surface area contributed by atoms with Crippen LogP contribution in [-0.2, 0) is 14.3 Å². The van der Waals surface area contributed by atoms with Gasteiger partial charge in [-0.1, -0.05) is 0 Å². The van der Waals surface area contributed by atoms with Gasteiger partial charge in [-0.05, 0) is 50.7 Å². The number of imidazole rings is 1. The number of aromatic nitrogens is 2. The monoisotopic (exact) mass is 384 g/mol. The molecular weight excluding hydrogens is 360 g/mol. The summed E-state index contributed by atoms with van der Waals surface area (Å²) in [7, 11) is 0. The zero-order valence-electron chi connectivity index (χ0n) is 15.7. The maximum absolute atomic E-state index is 13.2. The minimum absolute atomic E-state index is 0.133. The Hall–Kier alpha value is -2.77. The van der Waals surface area contributed by atoms with E-state index >= 15 is 0 Å². The summed E-state index contributed by atoms with van der Waals surface area (Å²) in [5.41, 5.74) is 2.03. The van der Waals surface area contributed by atoms with Crippen LogP contribution in [0.15, 0.2) is 16.9 Å². The molecule has 1 unspecified atom stereocenters. The number of rotatable bonds is 3. The molecule has 8 heteroatoms. The second-order valence-electron chi connectivity index (χ2n) is 8.18. The molecule has 148 valence electrons. The first kappa shape index (κ1) is 17.3. The molecule has 3 heterocycles. The van der Waals surface area contributed by atoms with E-state index < -0.39 is 11.5 Å². The average molecular weight is 384 g/mol. The highest BCUT2D eigenvalue weighted by Gasteiger charge is 2.54. The molecule has 3 aliphatic rings. The highest BCUT2D eigenvalue weighted by atomic mass is 16.6.